The average Bonchev–Trinajstić information content (AvgIpc) is 2.50. The molecule has 0 aliphatic heterocycles. The highest BCUT2D eigenvalue weighted by Crippen LogP contribution is 2.29. The summed E-state index contributed by atoms with van der Waals surface area (Å²) in [6, 6.07) is 15.8. The van der Waals surface area contributed by atoms with Gasteiger partial charge in [-0.2, -0.15) is 0 Å². The summed E-state index contributed by atoms with van der Waals surface area (Å²) in [4.78, 5) is 6.56. The Morgan fingerprint density at radius 1 is 1.10 bits per heavy atom. The van der Waals surface area contributed by atoms with Crippen molar-refractivity contribution in [3.63, 3.8) is 0 Å². The van der Waals surface area contributed by atoms with Crippen LogP contribution in [0.5, 0.6) is 0 Å². The molecule has 2 aromatic carbocycles. The van der Waals surface area contributed by atoms with Crippen molar-refractivity contribution in [2.45, 2.75) is 6.54 Å². The molecule has 0 unspecified atom stereocenters. The van der Waals surface area contributed by atoms with Gasteiger partial charge in [-0.3, -0.25) is 4.98 Å². The third kappa shape index (κ3) is 2.78. The summed E-state index contributed by atoms with van der Waals surface area (Å²) in [5, 5.41) is 1.82. The topological polar surface area (TPSA) is 42.1 Å². The first-order valence-electron chi connectivity index (χ1n) is 6.74. The quantitative estimate of drug-likeness (QED) is 0.740. The fourth-order valence-electron chi connectivity index (χ4n) is 2.46. The molecule has 3 aromatic rings. The Morgan fingerprint density at radius 3 is 2.62 bits per heavy atom. The SMILES string of the molecule is CN(Cc1ccc(Cl)cc1)c1ccc(N)c2ncccc12. The number of nitrogen functional groups attached to an aromatic ring is 1. The van der Waals surface area contributed by atoms with Crippen molar-refractivity contribution in [1.29, 1.82) is 0 Å². The Labute approximate surface area is 129 Å². The van der Waals surface area contributed by atoms with Crippen LogP contribution in [0, 0.1) is 0 Å². The molecule has 1 aromatic heterocycles. The molecule has 4 heteroatoms. The van der Waals surface area contributed by atoms with Gasteiger partial charge in [-0.05, 0) is 42.0 Å². The molecule has 0 aliphatic rings. The fraction of sp³-hybridized carbons (Fsp3) is 0.118. The van der Waals surface area contributed by atoms with E-state index in [9.17, 15) is 0 Å². The summed E-state index contributed by atoms with van der Waals surface area (Å²) >= 11 is 5.92. The third-order valence-corrected chi connectivity index (χ3v) is 3.77. The Kier molecular flexibility index (Phi) is 3.67. The van der Waals surface area contributed by atoms with Gasteiger partial charge in [0.2, 0.25) is 0 Å². The number of aromatic nitrogens is 1. The van der Waals surface area contributed by atoms with Crippen molar-refractivity contribution in [3.05, 3.63) is 65.3 Å². The summed E-state index contributed by atoms with van der Waals surface area (Å²) < 4.78 is 0. The molecular formula is C17H16ClN3. The van der Waals surface area contributed by atoms with Crippen LogP contribution in [-0.4, -0.2) is 12.0 Å². The maximum absolute atomic E-state index is 6.00. The minimum atomic E-state index is 0.703. The van der Waals surface area contributed by atoms with Gasteiger partial charge in [0.25, 0.3) is 0 Å². The van der Waals surface area contributed by atoms with Gasteiger partial charge < -0.3 is 10.6 Å². The van der Waals surface area contributed by atoms with E-state index in [-0.39, 0.29) is 0 Å². The van der Waals surface area contributed by atoms with Crippen LogP contribution in [0.25, 0.3) is 10.9 Å². The highest BCUT2D eigenvalue weighted by atomic mass is 35.5. The molecule has 3 nitrogen and oxygen atoms in total. The van der Waals surface area contributed by atoms with Crippen LogP contribution in [0.1, 0.15) is 5.56 Å². The molecule has 1 heterocycles. The lowest BCUT2D eigenvalue weighted by Crippen LogP contribution is -2.16. The summed E-state index contributed by atoms with van der Waals surface area (Å²) in [5.41, 5.74) is 9.86. The summed E-state index contributed by atoms with van der Waals surface area (Å²) in [6.07, 6.45) is 1.77. The molecule has 0 atom stereocenters. The summed E-state index contributed by atoms with van der Waals surface area (Å²) in [6.45, 7) is 0.797. The molecule has 0 radical (unpaired) electrons. The summed E-state index contributed by atoms with van der Waals surface area (Å²) in [7, 11) is 2.06. The van der Waals surface area contributed by atoms with E-state index in [0.717, 1.165) is 28.2 Å². The van der Waals surface area contributed by atoms with E-state index in [1.54, 1.807) is 6.20 Å². The molecule has 106 valence electrons. The van der Waals surface area contributed by atoms with Crippen LogP contribution in [0.3, 0.4) is 0 Å². The van der Waals surface area contributed by atoms with E-state index in [4.69, 9.17) is 17.3 Å². The fourth-order valence-corrected chi connectivity index (χ4v) is 2.59. The second kappa shape index (κ2) is 5.62. The van der Waals surface area contributed by atoms with Crippen LogP contribution in [0.2, 0.25) is 5.02 Å². The Bertz CT molecular complexity index is 769. The van der Waals surface area contributed by atoms with Crippen LogP contribution in [-0.2, 0) is 6.54 Å². The van der Waals surface area contributed by atoms with E-state index < -0.39 is 0 Å². The number of hydrogen-bond acceptors (Lipinski definition) is 3. The molecule has 2 N–H and O–H groups in total. The first kappa shape index (κ1) is 13.7. The van der Waals surface area contributed by atoms with E-state index in [1.807, 2.05) is 48.5 Å². The standard InChI is InChI=1S/C17H16ClN3/c1-21(11-12-4-6-13(18)7-5-12)16-9-8-15(19)17-14(16)3-2-10-20-17/h2-10H,11,19H2,1H3. The highest BCUT2D eigenvalue weighted by Gasteiger charge is 2.09. The average molecular weight is 298 g/mol. The Morgan fingerprint density at radius 2 is 1.86 bits per heavy atom. The molecule has 0 spiro atoms. The second-order valence-corrected chi connectivity index (χ2v) is 5.49. The third-order valence-electron chi connectivity index (χ3n) is 3.52. The number of anilines is 2. The minimum Gasteiger partial charge on any atom is -0.397 e. The van der Waals surface area contributed by atoms with Crippen molar-refractivity contribution >= 4 is 33.9 Å². The van der Waals surface area contributed by atoms with Gasteiger partial charge in [0, 0.05) is 35.9 Å². The number of fused-ring (bicyclic) bond motifs is 1. The van der Waals surface area contributed by atoms with E-state index in [0.29, 0.717) is 5.69 Å². The number of benzene rings is 2. The molecule has 0 aliphatic carbocycles. The molecule has 0 saturated heterocycles. The molecular weight excluding hydrogens is 282 g/mol. The van der Waals surface area contributed by atoms with Gasteiger partial charge in [0.15, 0.2) is 0 Å². The van der Waals surface area contributed by atoms with Gasteiger partial charge >= 0.3 is 0 Å². The second-order valence-electron chi connectivity index (χ2n) is 5.06. The maximum atomic E-state index is 6.00. The molecule has 21 heavy (non-hydrogen) atoms. The lowest BCUT2D eigenvalue weighted by atomic mass is 10.1. The first-order chi connectivity index (χ1) is 10.1. The number of nitrogens with two attached hydrogens (primary N) is 1. The molecule has 0 saturated carbocycles. The first-order valence-corrected chi connectivity index (χ1v) is 7.12. The Hall–Kier alpha value is -2.26. The van der Waals surface area contributed by atoms with Crippen LogP contribution in [0.4, 0.5) is 11.4 Å². The maximum Gasteiger partial charge on any atom is 0.0951 e. The summed E-state index contributed by atoms with van der Waals surface area (Å²) in [5.74, 6) is 0. The van der Waals surface area contributed by atoms with Gasteiger partial charge in [-0.1, -0.05) is 23.7 Å². The Balaban J connectivity index is 1.96. The van der Waals surface area contributed by atoms with Crippen LogP contribution < -0.4 is 10.6 Å². The van der Waals surface area contributed by atoms with Crippen LogP contribution in [0.15, 0.2) is 54.7 Å². The van der Waals surface area contributed by atoms with E-state index in [1.165, 1.54) is 5.56 Å². The van der Waals surface area contributed by atoms with E-state index in [2.05, 4.69) is 16.9 Å². The van der Waals surface area contributed by atoms with Gasteiger partial charge in [-0.25, -0.2) is 0 Å². The van der Waals surface area contributed by atoms with Gasteiger partial charge in [0.05, 0.1) is 11.2 Å². The zero-order valence-corrected chi connectivity index (χ0v) is 12.5. The lowest BCUT2D eigenvalue weighted by molar-refractivity contribution is 0.928. The van der Waals surface area contributed by atoms with Gasteiger partial charge in [-0.15, -0.1) is 0 Å². The van der Waals surface area contributed by atoms with Crippen molar-refractivity contribution in [3.8, 4) is 0 Å². The van der Waals surface area contributed by atoms with Crippen molar-refractivity contribution < 1.29 is 0 Å². The monoisotopic (exact) mass is 297 g/mol. The normalized spacial score (nSPS) is 10.8. The van der Waals surface area contributed by atoms with Crippen molar-refractivity contribution in [2.75, 3.05) is 17.7 Å². The number of halogens is 1. The molecule has 0 fully saturated rings. The van der Waals surface area contributed by atoms with E-state index >= 15 is 0 Å². The van der Waals surface area contributed by atoms with Crippen LogP contribution >= 0.6 is 11.6 Å². The molecule has 3 rings (SSSR count). The zero-order chi connectivity index (χ0) is 14.8. The van der Waals surface area contributed by atoms with Gasteiger partial charge in [0.1, 0.15) is 0 Å². The number of nitrogens with zero attached hydrogens (tertiary/aromatic N) is 2. The largest absolute Gasteiger partial charge is 0.397 e. The zero-order valence-electron chi connectivity index (χ0n) is 11.8. The number of pyridine rings is 1. The molecule has 0 amide bonds. The van der Waals surface area contributed by atoms with Crippen molar-refractivity contribution in [1.82, 2.24) is 4.98 Å². The minimum absolute atomic E-state index is 0.703. The van der Waals surface area contributed by atoms with Crippen molar-refractivity contribution in [2.24, 2.45) is 0 Å². The number of rotatable bonds is 3. The lowest BCUT2D eigenvalue weighted by Gasteiger charge is -2.21. The highest BCUT2D eigenvalue weighted by molar-refractivity contribution is 6.30. The molecule has 0 bridgehead atoms. The number of hydrogen-bond donors (Lipinski definition) is 1. The predicted octanol–water partition coefficient (Wildman–Crippen LogP) is 4.11. The predicted molar refractivity (Wildman–Crippen MR) is 89.7 cm³/mol. The smallest absolute Gasteiger partial charge is 0.0951 e.